The number of hydrogen-bond acceptors (Lipinski definition) is 2. The number of alkyl halides is 3. The van der Waals surface area contributed by atoms with Crippen LogP contribution in [0.5, 0.6) is 0 Å². The highest BCUT2D eigenvalue weighted by Crippen LogP contribution is 2.32. The Kier molecular flexibility index (Phi) is 4.11. The van der Waals surface area contributed by atoms with Crippen molar-refractivity contribution < 1.29 is 22.7 Å². The standard InChI is InChI=1S/C11H13F4NO/c1-2-9(17)10(16)7-5-6(11(13,14)15)3-4-8(7)12/h3-5,9-10,17H,2,16H2,1H3/t9-,10+/m1/s1. The summed E-state index contributed by atoms with van der Waals surface area (Å²) in [6.45, 7) is 1.61. The topological polar surface area (TPSA) is 46.2 Å². The maximum Gasteiger partial charge on any atom is 0.416 e. The van der Waals surface area contributed by atoms with Crippen molar-refractivity contribution in [3.63, 3.8) is 0 Å². The zero-order valence-electron chi connectivity index (χ0n) is 9.13. The minimum atomic E-state index is -4.56. The molecule has 0 saturated carbocycles. The molecule has 6 heteroatoms. The molecule has 0 aromatic heterocycles. The zero-order valence-corrected chi connectivity index (χ0v) is 9.13. The van der Waals surface area contributed by atoms with Gasteiger partial charge in [0.15, 0.2) is 0 Å². The lowest BCUT2D eigenvalue weighted by molar-refractivity contribution is -0.137. The maximum absolute atomic E-state index is 13.3. The van der Waals surface area contributed by atoms with Crippen LogP contribution in [0.4, 0.5) is 17.6 Å². The van der Waals surface area contributed by atoms with Crippen LogP contribution in [0.3, 0.4) is 0 Å². The summed E-state index contributed by atoms with van der Waals surface area (Å²) in [5.74, 6) is -0.849. The van der Waals surface area contributed by atoms with Gasteiger partial charge in [-0.15, -0.1) is 0 Å². The molecule has 0 heterocycles. The van der Waals surface area contributed by atoms with Gasteiger partial charge in [0.2, 0.25) is 0 Å². The van der Waals surface area contributed by atoms with Gasteiger partial charge < -0.3 is 10.8 Å². The normalized spacial score (nSPS) is 15.7. The Labute approximate surface area is 96.1 Å². The monoisotopic (exact) mass is 251 g/mol. The van der Waals surface area contributed by atoms with Crippen molar-refractivity contribution in [1.29, 1.82) is 0 Å². The van der Waals surface area contributed by atoms with Crippen LogP contribution < -0.4 is 5.73 Å². The third-order valence-electron chi connectivity index (χ3n) is 2.52. The van der Waals surface area contributed by atoms with E-state index in [-0.39, 0.29) is 12.0 Å². The van der Waals surface area contributed by atoms with Crippen molar-refractivity contribution in [3.05, 3.63) is 35.1 Å². The highest BCUT2D eigenvalue weighted by atomic mass is 19.4. The number of halogens is 4. The molecule has 0 bridgehead atoms. The molecule has 0 fully saturated rings. The molecule has 0 aliphatic rings. The number of aliphatic hydroxyl groups excluding tert-OH is 1. The van der Waals surface area contributed by atoms with Crippen LogP contribution in [-0.2, 0) is 6.18 Å². The lowest BCUT2D eigenvalue weighted by Gasteiger charge is -2.19. The van der Waals surface area contributed by atoms with Crippen LogP contribution in [0.15, 0.2) is 18.2 Å². The molecular formula is C11H13F4NO. The van der Waals surface area contributed by atoms with Crippen molar-refractivity contribution in [2.24, 2.45) is 5.73 Å². The molecule has 0 radical (unpaired) electrons. The van der Waals surface area contributed by atoms with Crippen molar-refractivity contribution in [1.82, 2.24) is 0 Å². The van der Waals surface area contributed by atoms with Gasteiger partial charge in [-0.2, -0.15) is 13.2 Å². The lowest BCUT2D eigenvalue weighted by Crippen LogP contribution is -2.26. The summed E-state index contributed by atoms with van der Waals surface area (Å²) >= 11 is 0. The summed E-state index contributed by atoms with van der Waals surface area (Å²) in [6, 6.07) is 0.825. The van der Waals surface area contributed by atoms with Gasteiger partial charge in [0.25, 0.3) is 0 Å². The van der Waals surface area contributed by atoms with Gasteiger partial charge in [0, 0.05) is 5.56 Å². The van der Waals surface area contributed by atoms with E-state index in [4.69, 9.17) is 5.73 Å². The van der Waals surface area contributed by atoms with Crippen molar-refractivity contribution in [3.8, 4) is 0 Å². The molecule has 0 aliphatic carbocycles. The summed E-state index contributed by atoms with van der Waals surface area (Å²) in [7, 11) is 0. The van der Waals surface area contributed by atoms with E-state index in [9.17, 15) is 22.7 Å². The smallest absolute Gasteiger partial charge is 0.391 e. The molecule has 96 valence electrons. The molecule has 2 atom stereocenters. The van der Waals surface area contributed by atoms with Gasteiger partial charge in [-0.3, -0.25) is 0 Å². The second kappa shape index (κ2) is 5.01. The molecule has 1 rings (SSSR count). The number of rotatable bonds is 3. The Morgan fingerprint density at radius 3 is 2.41 bits per heavy atom. The fraction of sp³-hybridized carbons (Fsp3) is 0.455. The first-order valence-corrected chi connectivity index (χ1v) is 5.07. The summed E-state index contributed by atoms with van der Waals surface area (Å²) < 4.78 is 50.6. The van der Waals surface area contributed by atoms with Crippen LogP contribution in [0, 0.1) is 5.82 Å². The van der Waals surface area contributed by atoms with Gasteiger partial charge in [0.1, 0.15) is 5.82 Å². The van der Waals surface area contributed by atoms with E-state index in [1.807, 2.05) is 0 Å². The number of nitrogens with two attached hydrogens (primary N) is 1. The Balaban J connectivity index is 3.15. The molecule has 2 nitrogen and oxygen atoms in total. The minimum Gasteiger partial charge on any atom is -0.391 e. The molecule has 0 unspecified atom stereocenters. The maximum atomic E-state index is 13.3. The van der Waals surface area contributed by atoms with E-state index in [1.54, 1.807) is 6.92 Å². The molecule has 0 aliphatic heterocycles. The van der Waals surface area contributed by atoms with E-state index in [1.165, 1.54) is 0 Å². The SMILES string of the molecule is CC[C@@H](O)[C@@H](N)c1cc(C(F)(F)F)ccc1F. The van der Waals surface area contributed by atoms with Crippen molar-refractivity contribution in [2.45, 2.75) is 31.7 Å². The molecule has 3 N–H and O–H groups in total. The van der Waals surface area contributed by atoms with Crippen LogP contribution >= 0.6 is 0 Å². The predicted octanol–water partition coefficient (Wildman–Crippen LogP) is 2.62. The fourth-order valence-electron chi connectivity index (χ4n) is 1.44. The van der Waals surface area contributed by atoms with Gasteiger partial charge in [-0.05, 0) is 24.6 Å². The second-order valence-electron chi connectivity index (χ2n) is 3.74. The average molecular weight is 251 g/mol. The van der Waals surface area contributed by atoms with Gasteiger partial charge in [0.05, 0.1) is 17.7 Å². The van der Waals surface area contributed by atoms with Crippen molar-refractivity contribution in [2.75, 3.05) is 0 Å². The summed E-state index contributed by atoms with van der Waals surface area (Å²) in [5.41, 5.74) is 4.20. The van der Waals surface area contributed by atoms with E-state index in [2.05, 4.69) is 0 Å². The molecule has 17 heavy (non-hydrogen) atoms. The van der Waals surface area contributed by atoms with Gasteiger partial charge >= 0.3 is 6.18 Å². The highest BCUT2D eigenvalue weighted by molar-refractivity contribution is 5.29. The van der Waals surface area contributed by atoms with Gasteiger partial charge in [-0.1, -0.05) is 6.92 Å². The molecule has 0 amide bonds. The number of hydrogen-bond donors (Lipinski definition) is 2. The molecule has 0 spiro atoms. The third-order valence-corrected chi connectivity index (χ3v) is 2.52. The highest BCUT2D eigenvalue weighted by Gasteiger charge is 2.32. The number of benzene rings is 1. The number of aliphatic hydroxyl groups is 1. The van der Waals surface area contributed by atoms with E-state index < -0.39 is 29.7 Å². The average Bonchev–Trinajstić information content (AvgIpc) is 2.26. The second-order valence-corrected chi connectivity index (χ2v) is 3.74. The van der Waals surface area contributed by atoms with E-state index in [0.29, 0.717) is 18.2 Å². The molecular weight excluding hydrogens is 238 g/mol. The van der Waals surface area contributed by atoms with Crippen LogP contribution in [0.25, 0.3) is 0 Å². The zero-order chi connectivity index (χ0) is 13.2. The Bertz CT molecular complexity index is 392. The van der Waals surface area contributed by atoms with Gasteiger partial charge in [-0.25, -0.2) is 4.39 Å². The van der Waals surface area contributed by atoms with Crippen molar-refractivity contribution >= 4 is 0 Å². The molecule has 0 saturated heterocycles. The largest absolute Gasteiger partial charge is 0.416 e. The summed E-state index contributed by atoms with van der Waals surface area (Å²) in [4.78, 5) is 0. The Hall–Kier alpha value is -1.14. The summed E-state index contributed by atoms with van der Waals surface area (Å²) in [5, 5.41) is 9.43. The Morgan fingerprint density at radius 1 is 1.35 bits per heavy atom. The molecule has 1 aromatic carbocycles. The first-order chi connectivity index (χ1) is 7.77. The Morgan fingerprint density at radius 2 is 1.94 bits per heavy atom. The predicted molar refractivity (Wildman–Crippen MR) is 54.6 cm³/mol. The van der Waals surface area contributed by atoms with Crippen LogP contribution in [0.1, 0.15) is 30.5 Å². The van der Waals surface area contributed by atoms with E-state index in [0.717, 1.165) is 0 Å². The first-order valence-electron chi connectivity index (χ1n) is 5.07. The van der Waals surface area contributed by atoms with E-state index >= 15 is 0 Å². The minimum absolute atomic E-state index is 0.233. The quantitative estimate of drug-likeness (QED) is 0.811. The lowest BCUT2D eigenvalue weighted by atomic mass is 9.98. The fourth-order valence-corrected chi connectivity index (χ4v) is 1.44. The van der Waals surface area contributed by atoms with Crippen LogP contribution in [0.2, 0.25) is 0 Å². The van der Waals surface area contributed by atoms with Crippen LogP contribution in [-0.4, -0.2) is 11.2 Å². The third kappa shape index (κ3) is 3.17. The first kappa shape index (κ1) is 13.9. The molecule has 1 aromatic rings. The summed E-state index contributed by atoms with van der Waals surface area (Å²) in [6.07, 6.45) is -5.40.